The van der Waals surface area contributed by atoms with E-state index in [9.17, 15) is 13.6 Å². The van der Waals surface area contributed by atoms with E-state index in [4.69, 9.17) is 0 Å². The third kappa shape index (κ3) is 2.62. The molecule has 0 radical (unpaired) electrons. The number of aryl methyl sites for hydroxylation is 1. The van der Waals surface area contributed by atoms with E-state index in [0.717, 1.165) is 16.5 Å². The Labute approximate surface area is 110 Å². The van der Waals surface area contributed by atoms with Crippen LogP contribution in [0.1, 0.15) is 15.9 Å². The second-order valence-electron chi connectivity index (χ2n) is 4.30. The first kappa shape index (κ1) is 13.2. The standard InChI is InChI=1S/C15H13F2NO/c1-10-6-8-11(9-7-10)15(19)18(2)13-5-3-4-12(16)14(13)17/h3-9H,1-2H3. The minimum absolute atomic E-state index is 0.0782. The molecule has 19 heavy (non-hydrogen) atoms. The second kappa shape index (κ2) is 5.18. The molecule has 0 heterocycles. The van der Waals surface area contributed by atoms with Crippen LogP contribution >= 0.6 is 0 Å². The maximum Gasteiger partial charge on any atom is 0.258 e. The Morgan fingerprint density at radius 2 is 1.68 bits per heavy atom. The normalized spacial score (nSPS) is 10.3. The van der Waals surface area contributed by atoms with Crippen LogP contribution < -0.4 is 4.90 Å². The van der Waals surface area contributed by atoms with Gasteiger partial charge in [-0.1, -0.05) is 23.8 Å². The number of benzene rings is 2. The van der Waals surface area contributed by atoms with Crippen LogP contribution in [0.15, 0.2) is 42.5 Å². The number of carbonyl (C=O) groups excluding carboxylic acids is 1. The molecule has 0 unspecified atom stereocenters. The number of nitrogens with zero attached hydrogens (tertiary/aromatic N) is 1. The molecule has 0 N–H and O–H groups in total. The van der Waals surface area contributed by atoms with Crippen molar-refractivity contribution in [2.75, 3.05) is 11.9 Å². The highest BCUT2D eigenvalue weighted by Gasteiger charge is 2.18. The van der Waals surface area contributed by atoms with Gasteiger partial charge in [0.2, 0.25) is 0 Å². The molecule has 1 amide bonds. The average Bonchev–Trinajstić information content (AvgIpc) is 2.41. The first-order valence-electron chi connectivity index (χ1n) is 5.79. The maximum atomic E-state index is 13.6. The summed E-state index contributed by atoms with van der Waals surface area (Å²) < 4.78 is 26.8. The largest absolute Gasteiger partial charge is 0.309 e. The van der Waals surface area contributed by atoms with E-state index in [2.05, 4.69) is 0 Å². The molecular weight excluding hydrogens is 248 g/mol. The summed E-state index contributed by atoms with van der Waals surface area (Å²) in [6.45, 7) is 1.91. The van der Waals surface area contributed by atoms with E-state index >= 15 is 0 Å². The minimum Gasteiger partial charge on any atom is -0.309 e. The number of hydrogen-bond acceptors (Lipinski definition) is 1. The molecule has 0 fully saturated rings. The quantitative estimate of drug-likeness (QED) is 0.809. The van der Waals surface area contributed by atoms with Gasteiger partial charge >= 0.3 is 0 Å². The fourth-order valence-electron chi connectivity index (χ4n) is 1.75. The molecule has 0 aliphatic carbocycles. The number of carbonyl (C=O) groups is 1. The minimum atomic E-state index is -1.02. The van der Waals surface area contributed by atoms with Crippen molar-refractivity contribution in [2.24, 2.45) is 0 Å². The van der Waals surface area contributed by atoms with Crippen LogP contribution in [0.5, 0.6) is 0 Å². The summed E-state index contributed by atoms with van der Waals surface area (Å²) in [4.78, 5) is 13.3. The fraction of sp³-hybridized carbons (Fsp3) is 0.133. The van der Waals surface area contributed by atoms with Crippen LogP contribution in [0, 0.1) is 18.6 Å². The van der Waals surface area contributed by atoms with Gasteiger partial charge in [-0.25, -0.2) is 8.78 Å². The van der Waals surface area contributed by atoms with E-state index in [1.54, 1.807) is 24.3 Å². The highest BCUT2D eigenvalue weighted by Crippen LogP contribution is 2.22. The predicted molar refractivity (Wildman–Crippen MR) is 70.3 cm³/mol. The van der Waals surface area contributed by atoms with Gasteiger partial charge in [-0.3, -0.25) is 4.79 Å². The number of rotatable bonds is 2. The summed E-state index contributed by atoms with van der Waals surface area (Å²) in [5.74, 6) is -2.38. The molecule has 0 aliphatic heterocycles. The molecule has 0 saturated carbocycles. The summed E-state index contributed by atoms with van der Waals surface area (Å²) in [5, 5.41) is 0. The van der Waals surface area contributed by atoms with Gasteiger partial charge < -0.3 is 4.90 Å². The van der Waals surface area contributed by atoms with Gasteiger partial charge in [-0.15, -0.1) is 0 Å². The number of amides is 1. The zero-order chi connectivity index (χ0) is 14.0. The lowest BCUT2D eigenvalue weighted by Crippen LogP contribution is -2.27. The molecule has 4 heteroatoms. The summed E-state index contributed by atoms with van der Waals surface area (Å²) >= 11 is 0. The van der Waals surface area contributed by atoms with Crippen molar-refractivity contribution in [2.45, 2.75) is 6.92 Å². The van der Waals surface area contributed by atoms with Crippen LogP contribution in [0.25, 0.3) is 0 Å². The Morgan fingerprint density at radius 3 is 2.32 bits per heavy atom. The van der Waals surface area contributed by atoms with E-state index in [-0.39, 0.29) is 11.6 Å². The van der Waals surface area contributed by atoms with Crippen molar-refractivity contribution < 1.29 is 13.6 Å². The molecule has 2 rings (SSSR count). The lowest BCUT2D eigenvalue weighted by molar-refractivity contribution is 0.0992. The van der Waals surface area contributed by atoms with Crippen LogP contribution in [0.2, 0.25) is 0 Å². The average molecular weight is 261 g/mol. The molecule has 0 bridgehead atoms. The van der Waals surface area contributed by atoms with Gasteiger partial charge in [0.15, 0.2) is 11.6 Å². The Balaban J connectivity index is 2.33. The van der Waals surface area contributed by atoms with Gasteiger partial charge in [0, 0.05) is 12.6 Å². The van der Waals surface area contributed by atoms with Crippen molar-refractivity contribution in [1.82, 2.24) is 0 Å². The number of anilines is 1. The topological polar surface area (TPSA) is 20.3 Å². The van der Waals surface area contributed by atoms with Crippen LogP contribution in [-0.2, 0) is 0 Å². The van der Waals surface area contributed by atoms with Gasteiger partial charge in [-0.05, 0) is 31.2 Å². The van der Waals surface area contributed by atoms with Crippen molar-refractivity contribution in [1.29, 1.82) is 0 Å². The van der Waals surface area contributed by atoms with E-state index in [1.807, 2.05) is 6.92 Å². The third-order valence-corrected chi connectivity index (χ3v) is 2.90. The molecule has 2 aromatic carbocycles. The van der Waals surface area contributed by atoms with Crippen molar-refractivity contribution in [3.8, 4) is 0 Å². The third-order valence-electron chi connectivity index (χ3n) is 2.90. The Kier molecular flexibility index (Phi) is 3.60. The van der Waals surface area contributed by atoms with Gasteiger partial charge in [0.1, 0.15) is 0 Å². The monoisotopic (exact) mass is 261 g/mol. The fourth-order valence-corrected chi connectivity index (χ4v) is 1.75. The Hall–Kier alpha value is -2.23. The zero-order valence-electron chi connectivity index (χ0n) is 10.7. The smallest absolute Gasteiger partial charge is 0.258 e. The SMILES string of the molecule is Cc1ccc(C(=O)N(C)c2cccc(F)c2F)cc1. The molecule has 2 aromatic rings. The highest BCUT2D eigenvalue weighted by atomic mass is 19.2. The van der Waals surface area contributed by atoms with Crippen LogP contribution in [0.3, 0.4) is 0 Å². The lowest BCUT2D eigenvalue weighted by atomic mass is 10.1. The maximum absolute atomic E-state index is 13.6. The van der Waals surface area contributed by atoms with E-state index < -0.39 is 11.6 Å². The highest BCUT2D eigenvalue weighted by molar-refractivity contribution is 6.05. The van der Waals surface area contributed by atoms with E-state index in [1.165, 1.54) is 19.2 Å². The molecule has 0 spiro atoms. The number of hydrogen-bond donors (Lipinski definition) is 0. The zero-order valence-corrected chi connectivity index (χ0v) is 10.7. The summed E-state index contributed by atoms with van der Waals surface area (Å²) in [6, 6.07) is 10.7. The molecule has 0 aromatic heterocycles. The molecule has 0 aliphatic rings. The van der Waals surface area contributed by atoms with Crippen molar-refractivity contribution >= 4 is 11.6 Å². The summed E-state index contributed by atoms with van der Waals surface area (Å²) in [5.41, 5.74) is 1.37. The summed E-state index contributed by atoms with van der Waals surface area (Å²) in [7, 11) is 1.42. The predicted octanol–water partition coefficient (Wildman–Crippen LogP) is 3.55. The van der Waals surface area contributed by atoms with Gasteiger partial charge in [0.05, 0.1) is 5.69 Å². The van der Waals surface area contributed by atoms with Gasteiger partial charge in [-0.2, -0.15) is 0 Å². The Bertz CT molecular complexity index is 608. The first-order chi connectivity index (χ1) is 9.00. The Morgan fingerprint density at radius 1 is 1.05 bits per heavy atom. The lowest BCUT2D eigenvalue weighted by Gasteiger charge is -2.18. The van der Waals surface area contributed by atoms with Gasteiger partial charge in [0.25, 0.3) is 5.91 Å². The van der Waals surface area contributed by atoms with Crippen LogP contribution in [0.4, 0.5) is 14.5 Å². The number of halogens is 2. The molecule has 98 valence electrons. The molecular formula is C15H13F2NO. The first-order valence-corrected chi connectivity index (χ1v) is 5.79. The van der Waals surface area contributed by atoms with E-state index in [0.29, 0.717) is 5.56 Å². The van der Waals surface area contributed by atoms with Crippen molar-refractivity contribution in [3.05, 3.63) is 65.2 Å². The molecule has 2 nitrogen and oxygen atoms in total. The molecule has 0 saturated heterocycles. The molecule has 0 atom stereocenters. The second-order valence-corrected chi connectivity index (χ2v) is 4.30. The van der Waals surface area contributed by atoms with Crippen LogP contribution in [-0.4, -0.2) is 13.0 Å². The summed E-state index contributed by atoms with van der Waals surface area (Å²) in [6.07, 6.45) is 0. The van der Waals surface area contributed by atoms with Crippen molar-refractivity contribution in [3.63, 3.8) is 0 Å².